The molecule has 0 amide bonds. The minimum atomic E-state index is 0.0691. The Morgan fingerprint density at radius 3 is 2.53 bits per heavy atom. The normalized spacial score (nSPS) is 19.2. The number of phenols is 1. The van der Waals surface area contributed by atoms with Gasteiger partial charge in [0.1, 0.15) is 5.75 Å². The van der Waals surface area contributed by atoms with Crippen molar-refractivity contribution in [1.29, 1.82) is 0 Å². The monoisotopic (exact) mass is 253 g/mol. The molecule has 1 aromatic carbocycles. The van der Waals surface area contributed by atoms with Gasteiger partial charge >= 0.3 is 0 Å². The highest BCUT2D eigenvalue weighted by molar-refractivity contribution is 6.32. The van der Waals surface area contributed by atoms with E-state index in [1.807, 2.05) is 13.0 Å². The second-order valence-corrected chi connectivity index (χ2v) is 5.57. The van der Waals surface area contributed by atoms with Crippen LogP contribution in [-0.2, 0) is 5.41 Å². The Bertz CT molecular complexity index is 411. The molecule has 0 atom stereocenters. The predicted octanol–water partition coefficient (Wildman–Crippen LogP) is 3.51. The van der Waals surface area contributed by atoms with Crippen LogP contribution in [0.5, 0.6) is 5.75 Å². The molecule has 0 bridgehead atoms. The van der Waals surface area contributed by atoms with Crippen molar-refractivity contribution in [3.05, 3.63) is 28.3 Å². The van der Waals surface area contributed by atoms with Crippen LogP contribution in [0.3, 0.4) is 0 Å². The highest BCUT2D eigenvalue weighted by atomic mass is 35.5. The van der Waals surface area contributed by atoms with Crippen LogP contribution in [0.25, 0.3) is 0 Å². The minimum Gasteiger partial charge on any atom is -0.506 e. The molecule has 0 spiro atoms. The molecule has 2 rings (SSSR count). The Balaban J connectivity index is 2.46. The van der Waals surface area contributed by atoms with Gasteiger partial charge < -0.3 is 10.8 Å². The quantitative estimate of drug-likeness (QED) is 0.847. The van der Waals surface area contributed by atoms with Gasteiger partial charge in [0, 0.05) is 12.0 Å². The maximum absolute atomic E-state index is 9.62. The van der Waals surface area contributed by atoms with Gasteiger partial charge in [-0.2, -0.15) is 0 Å². The highest BCUT2D eigenvalue weighted by Gasteiger charge is 2.34. The standard InChI is InChI=1S/C14H20ClNO/c1-10-7-13(17)12(15)8-11(10)14(9-16)5-3-2-4-6-14/h7-8,17H,2-6,9,16H2,1H3. The van der Waals surface area contributed by atoms with Crippen molar-refractivity contribution in [2.24, 2.45) is 5.73 Å². The summed E-state index contributed by atoms with van der Waals surface area (Å²) < 4.78 is 0. The third kappa shape index (κ3) is 2.29. The summed E-state index contributed by atoms with van der Waals surface area (Å²) in [5.74, 6) is 0.163. The van der Waals surface area contributed by atoms with Crippen LogP contribution >= 0.6 is 11.6 Å². The lowest BCUT2D eigenvalue weighted by Crippen LogP contribution is -2.37. The summed E-state index contributed by atoms with van der Waals surface area (Å²) in [6.45, 7) is 2.69. The molecule has 0 aromatic heterocycles. The first kappa shape index (κ1) is 12.7. The van der Waals surface area contributed by atoms with Crippen molar-refractivity contribution in [3.8, 4) is 5.75 Å². The molecule has 3 N–H and O–H groups in total. The third-order valence-electron chi connectivity index (χ3n) is 4.07. The highest BCUT2D eigenvalue weighted by Crippen LogP contribution is 2.42. The van der Waals surface area contributed by atoms with E-state index in [2.05, 4.69) is 0 Å². The largest absolute Gasteiger partial charge is 0.506 e. The lowest BCUT2D eigenvalue weighted by molar-refractivity contribution is 0.299. The number of benzene rings is 1. The van der Waals surface area contributed by atoms with E-state index in [4.69, 9.17) is 17.3 Å². The van der Waals surface area contributed by atoms with Gasteiger partial charge in [0.05, 0.1) is 5.02 Å². The van der Waals surface area contributed by atoms with E-state index in [-0.39, 0.29) is 11.2 Å². The number of hydrogen-bond acceptors (Lipinski definition) is 2. The van der Waals surface area contributed by atoms with Crippen molar-refractivity contribution in [2.75, 3.05) is 6.54 Å². The number of hydrogen-bond donors (Lipinski definition) is 2. The number of phenolic OH excluding ortho intramolecular Hbond substituents is 1. The smallest absolute Gasteiger partial charge is 0.134 e. The van der Waals surface area contributed by atoms with Crippen molar-refractivity contribution in [3.63, 3.8) is 0 Å². The molecule has 1 fully saturated rings. The Morgan fingerprint density at radius 1 is 1.29 bits per heavy atom. The second kappa shape index (κ2) is 4.87. The molecule has 0 radical (unpaired) electrons. The Morgan fingerprint density at radius 2 is 1.94 bits per heavy atom. The summed E-state index contributed by atoms with van der Waals surface area (Å²) in [6, 6.07) is 3.66. The van der Waals surface area contributed by atoms with E-state index in [0.717, 1.165) is 18.4 Å². The maximum atomic E-state index is 9.62. The van der Waals surface area contributed by atoms with E-state index in [0.29, 0.717) is 11.6 Å². The average Bonchev–Trinajstić information content (AvgIpc) is 2.34. The Labute approximate surface area is 108 Å². The molecule has 1 aliphatic rings. The molecule has 0 aliphatic heterocycles. The average molecular weight is 254 g/mol. The molecule has 1 aromatic rings. The molecular weight excluding hydrogens is 234 g/mol. The molecule has 1 saturated carbocycles. The minimum absolute atomic E-state index is 0.0691. The van der Waals surface area contributed by atoms with Crippen LogP contribution in [-0.4, -0.2) is 11.7 Å². The number of aromatic hydroxyl groups is 1. The first-order chi connectivity index (χ1) is 8.09. The van der Waals surface area contributed by atoms with Gasteiger partial charge in [-0.3, -0.25) is 0 Å². The summed E-state index contributed by atoms with van der Waals surface area (Å²) in [5.41, 5.74) is 8.41. The summed E-state index contributed by atoms with van der Waals surface area (Å²) in [5, 5.41) is 10.1. The molecule has 17 heavy (non-hydrogen) atoms. The van der Waals surface area contributed by atoms with Gasteiger partial charge in [0.15, 0.2) is 0 Å². The SMILES string of the molecule is Cc1cc(O)c(Cl)cc1C1(CN)CCCCC1. The van der Waals surface area contributed by atoms with Crippen LogP contribution in [0, 0.1) is 6.92 Å². The fourth-order valence-electron chi connectivity index (χ4n) is 3.05. The lowest BCUT2D eigenvalue weighted by atomic mass is 9.68. The molecule has 94 valence electrons. The van der Waals surface area contributed by atoms with Gasteiger partial charge in [-0.1, -0.05) is 30.9 Å². The fourth-order valence-corrected chi connectivity index (χ4v) is 3.21. The van der Waals surface area contributed by atoms with Gasteiger partial charge in [0.2, 0.25) is 0 Å². The van der Waals surface area contributed by atoms with Crippen LogP contribution in [0.15, 0.2) is 12.1 Å². The molecule has 2 nitrogen and oxygen atoms in total. The zero-order chi connectivity index (χ0) is 12.5. The van der Waals surface area contributed by atoms with Crippen molar-refractivity contribution in [2.45, 2.75) is 44.4 Å². The molecular formula is C14H20ClNO. The number of nitrogens with two attached hydrogens (primary N) is 1. The Kier molecular flexibility index (Phi) is 3.64. The molecule has 0 unspecified atom stereocenters. The van der Waals surface area contributed by atoms with Crippen LogP contribution < -0.4 is 5.73 Å². The van der Waals surface area contributed by atoms with Gasteiger partial charge in [-0.15, -0.1) is 0 Å². The van der Waals surface area contributed by atoms with Gasteiger partial charge in [0.25, 0.3) is 0 Å². The molecule has 1 aliphatic carbocycles. The predicted molar refractivity (Wildman–Crippen MR) is 71.7 cm³/mol. The van der Waals surface area contributed by atoms with Crippen LogP contribution in [0.1, 0.15) is 43.2 Å². The Hall–Kier alpha value is -0.730. The third-order valence-corrected chi connectivity index (χ3v) is 4.37. The topological polar surface area (TPSA) is 46.2 Å². The summed E-state index contributed by atoms with van der Waals surface area (Å²) in [6.07, 6.45) is 6.02. The maximum Gasteiger partial charge on any atom is 0.134 e. The first-order valence-electron chi connectivity index (χ1n) is 6.29. The van der Waals surface area contributed by atoms with E-state index in [1.54, 1.807) is 6.07 Å². The summed E-state index contributed by atoms with van der Waals surface area (Å²) in [4.78, 5) is 0. The summed E-state index contributed by atoms with van der Waals surface area (Å²) >= 11 is 6.03. The van der Waals surface area contributed by atoms with Crippen molar-refractivity contribution >= 4 is 11.6 Å². The van der Waals surface area contributed by atoms with E-state index >= 15 is 0 Å². The summed E-state index contributed by atoms with van der Waals surface area (Å²) in [7, 11) is 0. The number of halogens is 1. The van der Waals surface area contributed by atoms with Crippen molar-refractivity contribution < 1.29 is 5.11 Å². The fraction of sp³-hybridized carbons (Fsp3) is 0.571. The zero-order valence-corrected chi connectivity index (χ0v) is 11.1. The zero-order valence-electron chi connectivity index (χ0n) is 10.3. The van der Waals surface area contributed by atoms with Gasteiger partial charge in [-0.05, 0) is 43.0 Å². The van der Waals surface area contributed by atoms with Gasteiger partial charge in [-0.25, -0.2) is 0 Å². The molecule has 0 saturated heterocycles. The molecule has 0 heterocycles. The number of aryl methyl sites for hydroxylation is 1. The van der Waals surface area contributed by atoms with E-state index < -0.39 is 0 Å². The van der Waals surface area contributed by atoms with E-state index in [1.165, 1.54) is 24.8 Å². The van der Waals surface area contributed by atoms with E-state index in [9.17, 15) is 5.11 Å². The molecule has 3 heteroatoms. The van der Waals surface area contributed by atoms with Crippen LogP contribution in [0.4, 0.5) is 0 Å². The lowest BCUT2D eigenvalue weighted by Gasteiger charge is -2.38. The second-order valence-electron chi connectivity index (χ2n) is 5.16. The van der Waals surface area contributed by atoms with Crippen LogP contribution in [0.2, 0.25) is 5.02 Å². The van der Waals surface area contributed by atoms with Crippen molar-refractivity contribution in [1.82, 2.24) is 0 Å². The first-order valence-corrected chi connectivity index (χ1v) is 6.66. The number of rotatable bonds is 2.